The molecular weight excluding hydrogens is 408 g/mol. The van der Waals surface area contributed by atoms with Gasteiger partial charge < -0.3 is 9.47 Å². The highest BCUT2D eigenvalue weighted by molar-refractivity contribution is 9.10. The minimum Gasteiger partial charge on any atom is -0.466 e. The zero-order valence-electron chi connectivity index (χ0n) is 15.4. The van der Waals surface area contributed by atoms with Crippen molar-refractivity contribution in [3.8, 4) is 0 Å². The van der Waals surface area contributed by atoms with Gasteiger partial charge in [-0.3, -0.25) is 19.8 Å². The fourth-order valence-corrected chi connectivity index (χ4v) is 2.43. The largest absolute Gasteiger partial charge is 0.466 e. The van der Waals surface area contributed by atoms with Crippen LogP contribution in [0.25, 0.3) is 0 Å². The summed E-state index contributed by atoms with van der Waals surface area (Å²) in [5, 5.41) is 11.4. The molecule has 0 aromatic heterocycles. The lowest BCUT2D eigenvalue weighted by atomic mass is 10.1. The number of hydrogen-bond acceptors (Lipinski definition) is 6. The van der Waals surface area contributed by atoms with Gasteiger partial charge in [0.05, 0.1) is 11.5 Å². The van der Waals surface area contributed by atoms with Gasteiger partial charge in [-0.05, 0) is 32.9 Å². The summed E-state index contributed by atoms with van der Waals surface area (Å²) in [4.78, 5) is 35.7. The van der Waals surface area contributed by atoms with E-state index >= 15 is 0 Å². The molecule has 8 nitrogen and oxygen atoms in total. The van der Waals surface area contributed by atoms with E-state index < -0.39 is 22.6 Å². The molecule has 0 fully saturated rings. The monoisotopic (exact) mass is 430 g/mol. The number of rotatable bonds is 6. The van der Waals surface area contributed by atoms with E-state index in [0.717, 1.165) is 0 Å². The predicted octanol–water partition coefficient (Wildman–Crippen LogP) is 4.30. The minimum atomic E-state index is -0.769. The van der Waals surface area contributed by atoms with Crippen LogP contribution >= 0.6 is 15.9 Å². The van der Waals surface area contributed by atoms with Crippen molar-refractivity contribution in [2.75, 3.05) is 18.1 Å². The maximum atomic E-state index is 12.7. The summed E-state index contributed by atoms with van der Waals surface area (Å²) in [5.41, 5.74) is -0.887. The molecule has 26 heavy (non-hydrogen) atoms. The van der Waals surface area contributed by atoms with Crippen molar-refractivity contribution < 1.29 is 24.0 Å². The molecule has 0 heterocycles. The minimum absolute atomic E-state index is 0.0798. The summed E-state index contributed by atoms with van der Waals surface area (Å²) in [7, 11) is 0. The Morgan fingerprint density at radius 1 is 1.35 bits per heavy atom. The first kappa shape index (κ1) is 21.9. The molecule has 0 saturated heterocycles. The molecule has 0 bridgehead atoms. The lowest BCUT2D eigenvalue weighted by molar-refractivity contribution is -0.384. The summed E-state index contributed by atoms with van der Waals surface area (Å²) in [6.45, 7) is 8.35. The van der Waals surface area contributed by atoms with Gasteiger partial charge in [-0.15, -0.1) is 0 Å². The van der Waals surface area contributed by atoms with Gasteiger partial charge in [0.25, 0.3) is 5.69 Å². The molecule has 0 spiro atoms. The molecule has 0 aliphatic rings. The smallest absolute Gasteiger partial charge is 0.415 e. The molecule has 1 aromatic carbocycles. The zero-order valence-corrected chi connectivity index (χ0v) is 17.0. The molecule has 1 rings (SSSR count). The highest BCUT2D eigenvalue weighted by Crippen LogP contribution is 2.33. The summed E-state index contributed by atoms with van der Waals surface area (Å²) in [5.74, 6) is -0.695. The number of amides is 1. The molecule has 0 aliphatic heterocycles. The highest BCUT2D eigenvalue weighted by atomic mass is 79.9. The average Bonchev–Trinajstić information content (AvgIpc) is 2.48. The maximum absolute atomic E-state index is 12.7. The fourth-order valence-electron chi connectivity index (χ4n) is 2.08. The van der Waals surface area contributed by atoms with E-state index in [1.165, 1.54) is 30.0 Å². The van der Waals surface area contributed by atoms with Gasteiger partial charge in [-0.1, -0.05) is 22.9 Å². The van der Waals surface area contributed by atoms with Crippen LogP contribution in [0.15, 0.2) is 22.7 Å². The topological polar surface area (TPSA) is 99.0 Å². The van der Waals surface area contributed by atoms with E-state index in [1.807, 2.05) is 0 Å². The normalized spacial score (nSPS) is 12.2. The second kappa shape index (κ2) is 8.98. The molecule has 1 aromatic rings. The van der Waals surface area contributed by atoms with Crippen LogP contribution in [0, 0.1) is 16.0 Å². The molecular formula is C17H23BrN2O6. The highest BCUT2D eigenvalue weighted by Gasteiger charge is 2.30. The number of carbonyl (C=O) groups excluding carboxylic acids is 2. The number of carbonyl (C=O) groups is 2. The maximum Gasteiger partial charge on any atom is 0.415 e. The Hall–Kier alpha value is -2.16. The molecule has 1 unspecified atom stereocenters. The van der Waals surface area contributed by atoms with Crippen molar-refractivity contribution in [1.29, 1.82) is 0 Å². The summed E-state index contributed by atoms with van der Waals surface area (Å²) < 4.78 is 10.9. The van der Waals surface area contributed by atoms with Crippen LogP contribution in [0.4, 0.5) is 16.2 Å². The molecule has 1 amide bonds. The van der Waals surface area contributed by atoms with Crippen LogP contribution in [-0.2, 0) is 14.3 Å². The van der Waals surface area contributed by atoms with Crippen LogP contribution in [0.2, 0.25) is 0 Å². The number of nitro benzene ring substituents is 1. The molecule has 9 heteroatoms. The third-order valence-electron chi connectivity index (χ3n) is 3.10. The Bertz CT molecular complexity index is 686. The third kappa shape index (κ3) is 6.99. The van der Waals surface area contributed by atoms with Crippen molar-refractivity contribution in [2.24, 2.45) is 5.92 Å². The first-order chi connectivity index (χ1) is 11.9. The lowest BCUT2D eigenvalue weighted by Gasteiger charge is -2.29. The second-order valence-corrected chi connectivity index (χ2v) is 7.80. The van der Waals surface area contributed by atoms with Crippen molar-refractivity contribution in [3.05, 3.63) is 32.8 Å². The summed E-state index contributed by atoms with van der Waals surface area (Å²) in [6, 6.07) is 4.32. The summed E-state index contributed by atoms with van der Waals surface area (Å²) >= 11 is 3.27. The van der Waals surface area contributed by atoms with Crippen molar-refractivity contribution >= 4 is 39.4 Å². The second-order valence-electron chi connectivity index (χ2n) is 6.89. The Kier molecular flexibility index (Phi) is 7.55. The summed E-state index contributed by atoms with van der Waals surface area (Å²) in [6.07, 6.45) is -0.714. The van der Waals surface area contributed by atoms with Gasteiger partial charge >= 0.3 is 12.1 Å². The van der Waals surface area contributed by atoms with Crippen LogP contribution in [0.5, 0.6) is 0 Å². The van der Waals surface area contributed by atoms with Crippen LogP contribution in [-0.4, -0.2) is 35.7 Å². The van der Waals surface area contributed by atoms with E-state index in [9.17, 15) is 19.7 Å². The SMILES string of the molecule is CC(=O)OCC(C)CN(C(=O)OC(C)(C)C)c1cc(Br)ccc1[N+](=O)[O-]. The lowest BCUT2D eigenvalue weighted by Crippen LogP contribution is -2.40. The quantitative estimate of drug-likeness (QED) is 0.378. The molecule has 0 saturated carbocycles. The van der Waals surface area contributed by atoms with Gasteiger partial charge in [-0.2, -0.15) is 0 Å². The third-order valence-corrected chi connectivity index (χ3v) is 3.60. The first-order valence-corrected chi connectivity index (χ1v) is 8.78. The Balaban J connectivity index is 3.23. The Labute approximate surface area is 160 Å². The van der Waals surface area contributed by atoms with Gasteiger partial charge in [0, 0.05) is 29.9 Å². The van der Waals surface area contributed by atoms with Crippen molar-refractivity contribution in [3.63, 3.8) is 0 Å². The Morgan fingerprint density at radius 3 is 2.46 bits per heavy atom. The zero-order chi connectivity index (χ0) is 20.1. The number of nitro groups is 1. The standard InChI is InChI=1S/C17H23BrN2O6/c1-11(10-25-12(2)21)9-19(16(22)26-17(3,4)5)15-8-13(18)6-7-14(15)20(23)24/h6-8,11H,9-10H2,1-5H3. The average molecular weight is 431 g/mol. The van der Waals surface area contributed by atoms with E-state index in [2.05, 4.69) is 15.9 Å². The van der Waals surface area contributed by atoms with Crippen LogP contribution in [0.1, 0.15) is 34.6 Å². The predicted molar refractivity (Wildman–Crippen MR) is 100 cm³/mol. The molecule has 0 radical (unpaired) electrons. The van der Waals surface area contributed by atoms with Gasteiger partial charge in [0.15, 0.2) is 0 Å². The number of benzene rings is 1. The van der Waals surface area contributed by atoms with E-state index in [4.69, 9.17) is 9.47 Å². The van der Waals surface area contributed by atoms with Crippen molar-refractivity contribution in [1.82, 2.24) is 0 Å². The number of nitrogens with zero attached hydrogens (tertiary/aromatic N) is 2. The van der Waals surface area contributed by atoms with Crippen molar-refractivity contribution in [2.45, 2.75) is 40.2 Å². The molecule has 0 aliphatic carbocycles. The number of hydrogen-bond donors (Lipinski definition) is 0. The van der Waals surface area contributed by atoms with Gasteiger partial charge in [0.1, 0.15) is 11.3 Å². The Morgan fingerprint density at radius 2 is 1.96 bits per heavy atom. The van der Waals surface area contributed by atoms with E-state index in [-0.39, 0.29) is 30.4 Å². The first-order valence-electron chi connectivity index (χ1n) is 7.98. The fraction of sp³-hybridized carbons (Fsp3) is 0.529. The van der Waals surface area contributed by atoms with Crippen LogP contribution in [0.3, 0.4) is 0 Å². The van der Waals surface area contributed by atoms with E-state index in [1.54, 1.807) is 27.7 Å². The number of halogens is 1. The number of anilines is 1. The van der Waals surface area contributed by atoms with Crippen LogP contribution < -0.4 is 4.90 Å². The molecule has 144 valence electrons. The van der Waals surface area contributed by atoms with Gasteiger partial charge in [-0.25, -0.2) is 4.79 Å². The molecule has 1 atom stereocenters. The number of ether oxygens (including phenoxy) is 2. The molecule has 0 N–H and O–H groups in total. The number of esters is 1. The van der Waals surface area contributed by atoms with E-state index in [0.29, 0.717) is 4.47 Å². The van der Waals surface area contributed by atoms with Gasteiger partial charge in [0.2, 0.25) is 0 Å².